The van der Waals surface area contributed by atoms with Gasteiger partial charge in [0, 0.05) is 31.0 Å². The minimum Gasteiger partial charge on any atom is -0.497 e. The van der Waals surface area contributed by atoms with Crippen molar-refractivity contribution >= 4 is 11.5 Å². The van der Waals surface area contributed by atoms with E-state index in [0.29, 0.717) is 24.4 Å². The molecule has 0 aromatic heterocycles. The largest absolute Gasteiger partial charge is 0.497 e. The van der Waals surface area contributed by atoms with Crippen molar-refractivity contribution in [3.63, 3.8) is 0 Å². The number of rotatable bonds is 2. The van der Waals surface area contributed by atoms with Crippen molar-refractivity contribution in [3.8, 4) is 5.75 Å². The summed E-state index contributed by atoms with van der Waals surface area (Å²) >= 11 is 0. The minimum atomic E-state index is -0.274. The molecule has 0 spiro atoms. The highest BCUT2D eigenvalue weighted by molar-refractivity contribution is 5.84. The van der Waals surface area contributed by atoms with Crippen molar-refractivity contribution in [2.24, 2.45) is 5.92 Å². The third kappa shape index (κ3) is 2.19. The summed E-state index contributed by atoms with van der Waals surface area (Å²) in [5.41, 5.74) is 0.515. The lowest BCUT2D eigenvalue weighted by molar-refractivity contribution is -0.123. The van der Waals surface area contributed by atoms with Crippen LogP contribution < -0.4 is 9.64 Å². The smallest absolute Gasteiger partial charge is 0.146 e. The SMILES string of the molecule is COc1ccc(F)c(N2CCC(=O)C(C)C2C)c1. The van der Waals surface area contributed by atoms with Gasteiger partial charge < -0.3 is 9.64 Å². The molecule has 0 bridgehead atoms. The van der Waals surface area contributed by atoms with Gasteiger partial charge in [0.1, 0.15) is 17.3 Å². The van der Waals surface area contributed by atoms with Gasteiger partial charge in [-0.3, -0.25) is 4.79 Å². The number of ether oxygens (including phenoxy) is 1. The summed E-state index contributed by atoms with van der Waals surface area (Å²) in [6, 6.07) is 4.70. The van der Waals surface area contributed by atoms with E-state index in [1.165, 1.54) is 6.07 Å². The van der Waals surface area contributed by atoms with Crippen molar-refractivity contribution in [3.05, 3.63) is 24.0 Å². The van der Waals surface area contributed by atoms with E-state index >= 15 is 0 Å². The highest BCUT2D eigenvalue weighted by Crippen LogP contribution is 2.31. The standard InChI is InChI=1S/C14H18FNO2/c1-9-10(2)16(7-6-14(9)17)13-8-11(18-3)4-5-12(13)15/h4-5,8-10H,6-7H2,1-3H3. The summed E-state index contributed by atoms with van der Waals surface area (Å²) in [5, 5.41) is 0. The van der Waals surface area contributed by atoms with E-state index in [0.717, 1.165) is 0 Å². The van der Waals surface area contributed by atoms with Crippen LogP contribution in [-0.4, -0.2) is 25.5 Å². The van der Waals surface area contributed by atoms with Crippen molar-refractivity contribution in [1.82, 2.24) is 0 Å². The highest BCUT2D eigenvalue weighted by Gasteiger charge is 2.32. The predicted octanol–water partition coefficient (Wildman–Crippen LogP) is 2.64. The molecule has 98 valence electrons. The maximum absolute atomic E-state index is 13.9. The lowest BCUT2D eigenvalue weighted by Gasteiger charge is -2.38. The lowest BCUT2D eigenvalue weighted by Crippen LogP contribution is -2.47. The average molecular weight is 251 g/mol. The van der Waals surface area contributed by atoms with Crippen LogP contribution in [0.25, 0.3) is 0 Å². The fraction of sp³-hybridized carbons (Fsp3) is 0.500. The van der Waals surface area contributed by atoms with Gasteiger partial charge in [0.15, 0.2) is 0 Å². The fourth-order valence-corrected chi connectivity index (χ4v) is 2.38. The van der Waals surface area contributed by atoms with Gasteiger partial charge in [-0.15, -0.1) is 0 Å². The van der Waals surface area contributed by atoms with Gasteiger partial charge in [0.05, 0.1) is 12.8 Å². The molecule has 3 nitrogen and oxygen atoms in total. The zero-order chi connectivity index (χ0) is 13.3. The lowest BCUT2D eigenvalue weighted by atomic mass is 9.90. The van der Waals surface area contributed by atoms with Crippen LogP contribution in [0, 0.1) is 11.7 Å². The Bertz CT molecular complexity index is 461. The molecule has 1 saturated heterocycles. The van der Waals surface area contributed by atoms with Crippen molar-refractivity contribution < 1.29 is 13.9 Å². The van der Waals surface area contributed by atoms with Crippen LogP contribution in [0.4, 0.5) is 10.1 Å². The number of halogens is 1. The molecule has 0 saturated carbocycles. The van der Waals surface area contributed by atoms with Gasteiger partial charge >= 0.3 is 0 Å². The van der Waals surface area contributed by atoms with Gasteiger partial charge in [-0.2, -0.15) is 0 Å². The monoisotopic (exact) mass is 251 g/mol. The van der Waals surface area contributed by atoms with Gasteiger partial charge in [-0.05, 0) is 19.1 Å². The Morgan fingerprint density at radius 1 is 1.39 bits per heavy atom. The average Bonchev–Trinajstić information content (AvgIpc) is 2.37. The van der Waals surface area contributed by atoms with Crippen LogP contribution in [0.15, 0.2) is 18.2 Å². The molecule has 2 unspecified atom stereocenters. The third-order valence-corrected chi connectivity index (χ3v) is 3.78. The molecule has 2 atom stereocenters. The Kier molecular flexibility index (Phi) is 3.55. The van der Waals surface area contributed by atoms with Crippen LogP contribution in [0.5, 0.6) is 5.75 Å². The minimum absolute atomic E-state index is 0.00727. The molecule has 0 radical (unpaired) electrons. The number of Topliss-reactive ketones (excluding diaryl/α,β-unsaturated/α-hetero) is 1. The summed E-state index contributed by atoms with van der Waals surface area (Å²) in [6.45, 7) is 4.42. The Hall–Kier alpha value is -1.58. The quantitative estimate of drug-likeness (QED) is 0.809. The molecule has 0 amide bonds. The van der Waals surface area contributed by atoms with Gasteiger partial charge in [0.25, 0.3) is 0 Å². The molecule has 1 aliphatic rings. The Balaban J connectivity index is 2.33. The molecule has 1 aromatic rings. The number of piperidine rings is 1. The molecule has 1 aliphatic heterocycles. The zero-order valence-corrected chi connectivity index (χ0v) is 10.9. The molecular weight excluding hydrogens is 233 g/mol. The van der Waals surface area contributed by atoms with E-state index in [9.17, 15) is 9.18 Å². The number of nitrogens with zero attached hydrogens (tertiary/aromatic N) is 1. The maximum Gasteiger partial charge on any atom is 0.146 e. The summed E-state index contributed by atoms with van der Waals surface area (Å²) in [7, 11) is 1.56. The van der Waals surface area contributed by atoms with Crippen LogP contribution in [0.2, 0.25) is 0 Å². The van der Waals surface area contributed by atoms with Crippen LogP contribution >= 0.6 is 0 Å². The molecule has 1 heterocycles. The number of benzene rings is 1. The summed E-state index contributed by atoms with van der Waals surface area (Å²) in [5.74, 6) is 0.541. The third-order valence-electron chi connectivity index (χ3n) is 3.78. The molecule has 0 N–H and O–H groups in total. The number of hydrogen-bond donors (Lipinski definition) is 0. The second-order valence-electron chi connectivity index (χ2n) is 4.76. The van der Waals surface area contributed by atoms with Crippen LogP contribution in [-0.2, 0) is 4.79 Å². The number of hydrogen-bond acceptors (Lipinski definition) is 3. The first-order valence-electron chi connectivity index (χ1n) is 6.17. The zero-order valence-electron chi connectivity index (χ0n) is 10.9. The van der Waals surface area contributed by atoms with E-state index in [-0.39, 0.29) is 23.6 Å². The van der Waals surface area contributed by atoms with E-state index in [1.807, 2.05) is 18.7 Å². The topological polar surface area (TPSA) is 29.5 Å². The highest BCUT2D eigenvalue weighted by atomic mass is 19.1. The fourth-order valence-electron chi connectivity index (χ4n) is 2.38. The van der Waals surface area contributed by atoms with E-state index in [1.54, 1.807) is 19.2 Å². The van der Waals surface area contributed by atoms with Gasteiger partial charge in [-0.1, -0.05) is 6.92 Å². The van der Waals surface area contributed by atoms with Crippen molar-refractivity contribution in [2.75, 3.05) is 18.6 Å². The van der Waals surface area contributed by atoms with E-state index in [4.69, 9.17) is 4.74 Å². The Morgan fingerprint density at radius 2 is 2.11 bits per heavy atom. The maximum atomic E-state index is 13.9. The molecule has 2 rings (SSSR count). The predicted molar refractivity (Wildman–Crippen MR) is 68.5 cm³/mol. The summed E-state index contributed by atoms with van der Waals surface area (Å²) in [6.07, 6.45) is 0.474. The molecule has 18 heavy (non-hydrogen) atoms. The first-order chi connectivity index (χ1) is 8.54. The number of ketones is 1. The number of methoxy groups -OCH3 is 1. The van der Waals surface area contributed by atoms with E-state index < -0.39 is 0 Å². The Labute approximate surface area is 107 Å². The molecule has 0 aliphatic carbocycles. The normalized spacial score (nSPS) is 24.2. The first-order valence-corrected chi connectivity index (χ1v) is 6.17. The molecule has 1 fully saturated rings. The number of anilines is 1. The van der Waals surface area contributed by atoms with Crippen molar-refractivity contribution in [1.29, 1.82) is 0 Å². The number of carbonyl (C=O) groups excluding carboxylic acids is 1. The van der Waals surface area contributed by atoms with E-state index in [2.05, 4.69) is 0 Å². The van der Waals surface area contributed by atoms with Crippen LogP contribution in [0.3, 0.4) is 0 Å². The second kappa shape index (κ2) is 4.96. The Morgan fingerprint density at radius 3 is 2.78 bits per heavy atom. The second-order valence-corrected chi connectivity index (χ2v) is 4.76. The summed E-state index contributed by atoms with van der Waals surface area (Å²) in [4.78, 5) is 13.6. The number of carbonyl (C=O) groups is 1. The molecule has 1 aromatic carbocycles. The van der Waals surface area contributed by atoms with Gasteiger partial charge in [0.2, 0.25) is 0 Å². The molecule has 4 heteroatoms. The van der Waals surface area contributed by atoms with Crippen LogP contribution in [0.1, 0.15) is 20.3 Å². The summed E-state index contributed by atoms with van der Waals surface area (Å²) < 4.78 is 19.0. The molecular formula is C14H18FNO2. The van der Waals surface area contributed by atoms with Crippen molar-refractivity contribution in [2.45, 2.75) is 26.3 Å². The first kappa shape index (κ1) is 12.9. The van der Waals surface area contributed by atoms with Gasteiger partial charge in [-0.25, -0.2) is 4.39 Å².